The number of benzene rings is 1. The summed E-state index contributed by atoms with van der Waals surface area (Å²) in [5.74, 6) is 0.510. The second-order valence-electron chi connectivity index (χ2n) is 2.80. The van der Waals surface area contributed by atoms with Crippen molar-refractivity contribution in [3.05, 3.63) is 29.3 Å². The van der Waals surface area contributed by atoms with Crippen LogP contribution in [0.1, 0.15) is 0 Å². The molecular weight excluding hydrogens is 240 g/mol. The summed E-state index contributed by atoms with van der Waals surface area (Å²) in [5.41, 5.74) is 0. The fraction of sp³-hybridized carbons (Fsp3) is 0.333. The van der Waals surface area contributed by atoms with E-state index in [-0.39, 0.29) is 13.2 Å². The van der Waals surface area contributed by atoms with Crippen LogP contribution in [0.2, 0.25) is 5.02 Å². The molecule has 0 spiro atoms. The number of halogens is 1. The topological polar surface area (TPSA) is 52.6 Å². The van der Waals surface area contributed by atoms with Crippen LogP contribution in [0, 0.1) is 0 Å². The fourth-order valence-corrected chi connectivity index (χ4v) is 1.46. The zero-order valence-electron chi connectivity index (χ0n) is 8.14. The van der Waals surface area contributed by atoms with Gasteiger partial charge in [-0.2, -0.15) is 8.42 Å². The molecule has 15 heavy (non-hydrogen) atoms. The van der Waals surface area contributed by atoms with Gasteiger partial charge in [-0.25, -0.2) is 0 Å². The number of rotatable bonds is 5. The van der Waals surface area contributed by atoms with E-state index in [0.717, 1.165) is 6.26 Å². The van der Waals surface area contributed by atoms with E-state index >= 15 is 0 Å². The van der Waals surface area contributed by atoms with Crippen molar-refractivity contribution in [2.45, 2.75) is 0 Å². The highest BCUT2D eigenvalue weighted by atomic mass is 35.5. The lowest BCUT2D eigenvalue weighted by Crippen LogP contribution is -2.11. The Kier molecular flexibility index (Phi) is 4.38. The van der Waals surface area contributed by atoms with Gasteiger partial charge < -0.3 is 4.74 Å². The molecule has 0 aliphatic rings. The molecule has 0 saturated heterocycles. The summed E-state index contributed by atoms with van der Waals surface area (Å²) >= 11 is 5.81. The smallest absolute Gasteiger partial charge is 0.264 e. The van der Waals surface area contributed by atoms with Crippen LogP contribution in [0.5, 0.6) is 5.75 Å². The molecule has 0 N–H and O–H groups in total. The Morgan fingerprint density at radius 1 is 1.27 bits per heavy atom. The zero-order valence-corrected chi connectivity index (χ0v) is 9.72. The molecule has 0 atom stereocenters. The Morgan fingerprint density at radius 3 is 2.53 bits per heavy atom. The molecule has 4 nitrogen and oxygen atoms in total. The Balaban J connectivity index is 2.36. The first kappa shape index (κ1) is 12.3. The summed E-state index contributed by atoms with van der Waals surface area (Å²) in [6.45, 7) is 0.112. The number of ether oxygens (including phenoxy) is 1. The first-order valence-electron chi connectivity index (χ1n) is 4.21. The van der Waals surface area contributed by atoms with Crippen LogP contribution in [-0.4, -0.2) is 27.9 Å². The normalized spacial score (nSPS) is 11.3. The maximum absolute atomic E-state index is 10.6. The summed E-state index contributed by atoms with van der Waals surface area (Å²) in [7, 11) is -3.40. The van der Waals surface area contributed by atoms with Crippen LogP contribution in [0.15, 0.2) is 24.3 Å². The summed E-state index contributed by atoms with van der Waals surface area (Å²) in [5, 5.41) is 0.483. The van der Waals surface area contributed by atoms with Gasteiger partial charge in [0.1, 0.15) is 19.0 Å². The van der Waals surface area contributed by atoms with Crippen molar-refractivity contribution in [1.29, 1.82) is 0 Å². The average Bonchev–Trinajstić information content (AvgIpc) is 2.13. The van der Waals surface area contributed by atoms with Crippen LogP contribution in [-0.2, 0) is 14.3 Å². The van der Waals surface area contributed by atoms with E-state index in [1.165, 1.54) is 0 Å². The van der Waals surface area contributed by atoms with E-state index < -0.39 is 10.1 Å². The minimum absolute atomic E-state index is 0.0238. The fourth-order valence-electron chi connectivity index (χ4n) is 0.899. The Labute approximate surface area is 93.9 Å². The standard InChI is InChI=1S/C9H11ClO4S/c1-15(11,12)14-7-6-13-9-5-3-2-4-8(9)10/h2-5H,6-7H2,1H3. The van der Waals surface area contributed by atoms with Crippen LogP contribution in [0.3, 0.4) is 0 Å². The first-order valence-corrected chi connectivity index (χ1v) is 6.40. The van der Waals surface area contributed by atoms with Crippen molar-refractivity contribution in [2.24, 2.45) is 0 Å². The van der Waals surface area contributed by atoms with E-state index in [0.29, 0.717) is 10.8 Å². The molecule has 84 valence electrons. The van der Waals surface area contributed by atoms with Gasteiger partial charge in [-0.3, -0.25) is 4.18 Å². The highest BCUT2D eigenvalue weighted by molar-refractivity contribution is 7.85. The molecule has 0 fully saturated rings. The van der Waals surface area contributed by atoms with E-state index in [1.807, 2.05) is 0 Å². The molecule has 0 aromatic heterocycles. The summed E-state index contributed by atoms with van der Waals surface area (Å²) in [6, 6.07) is 6.94. The van der Waals surface area contributed by atoms with Crippen molar-refractivity contribution in [1.82, 2.24) is 0 Å². The summed E-state index contributed by atoms with van der Waals surface area (Å²) < 4.78 is 30.9. The molecule has 0 radical (unpaired) electrons. The molecule has 1 aromatic rings. The molecule has 0 heterocycles. The Morgan fingerprint density at radius 2 is 1.93 bits per heavy atom. The van der Waals surface area contributed by atoms with Gasteiger partial charge in [-0.1, -0.05) is 23.7 Å². The maximum atomic E-state index is 10.6. The second-order valence-corrected chi connectivity index (χ2v) is 4.86. The third kappa shape index (κ3) is 5.01. The Hall–Kier alpha value is -0.780. The molecule has 0 bridgehead atoms. The SMILES string of the molecule is CS(=O)(=O)OCCOc1ccccc1Cl. The van der Waals surface area contributed by atoms with Crippen molar-refractivity contribution in [2.75, 3.05) is 19.5 Å². The molecule has 6 heteroatoms. The number of hydrogen-bond acceptors (Lipinski definition) is 4. The van der Waals surface area contributed by atoms with Gasteiger partial charge in [0.25, 0.3) is 10.1 Å². The molecule has 0 aliphatic heterocycles. The molecule has 1 rings (SSSR count). The monoisotopic (exact) mass is 250 g/mol. The van der Waals surface area contributed by atoms with Crippen LogP contribution in [0.4, 0.5) is 0 Å². The van der Waals surface area contributed by atoms with Gasteiger partial charge >= 0.3 is 0 Å². The van der Waals surface area contributed by atoms with Gasteiger partial charge in [-0.15, -0.1) is 0 Å². The van der Waals surface area contributed by atoms with Crippen LogP contribution in [0.25, 0.3) is 0 Å². The van der Waals surface area contributed by atoms with Crippen LogP contribution < -0.4 is 4.74 Å². The van der Waals surface area contributed by atoms with Gasteiger partial charge in [0.05, 0.1) is 11.3 Å². The predicted octanol–water partition coefficient (Wildman–Crippen LogP) is 1.70. The van der Waals surface area contributed by atoms with Crippen molar-refractivity contribution < 1.29 is 17.3 Å². The predicted molar refractivity (Wildman–Crippen MR) is 57.7 cm³/mol. The van der Waals surface area contributed by atoms with E-state index in [1.54, 1.807) is 24.3 Å². The second kappa shape index (κ2) is 5.34. The maximum Gasteiger partial charge on any atom is 0.264 e. The summed E-state index contributed by atoms with van der Waals surface area (Å²) in [4.78, 5) is 0. The molecule has 0 aliphatic carbocycles. The first-order chi connectivity index (χ1) is 6.99. The molecule has 0 amide bonds. The quantitative estimate of drug-likeness (QED) is 0.590. The molecule has 0 unspecified atom stereocenters. The molecule has 1 aromatic carbocycles. The minimum Gasteiger partial charge on any atom is -0.490 e. The highest BCUT2D eigenvalue weighted by Gasteiger charge is 2.02. The van der Waals surface area contributed by atoms with Gasteiger partial charge in [0.15, 0.2) is 0 Å². The van der Waals surface area contributed by atoms with E-state index in [2.05, 4.69) is 4.18 Å². The lowest BCUT2D eigenvalue weighted by molar-refractivity contribution is 0.222. The summed E-state index contributed by atoms with van der Waals surface area (Å²) in [6.07, 6.45) is 0.989. The van der Waals surface area contributed by atoms with Gasteiger partial charge in [0.2, 0.25) is 0 Å². The van der Waals surface area contributed by atoms with Crippen LogP contribution >= 0.6 is 11.6 Å². The lowest BCUT2D eigenvalue weighted by Gasteiger charge is -2.06. The van der Waals surface area contributed by atoms with E-state index in [9.17, 15) is 8.42 Å². The third-order valence-corrected chi connectivity index (χ3v) is 2.38. The number of para-hydroxylation sites is 1. The molecular formula is C9H11ClO4S. The largest absolute Gasteiger partial charge is 0.490 e. The van der Waals surface area contributed by atoms with Crippen molar-refractivity contribution in [3.63, 3.8) is 0 Å². The van der Waals surface area contributed by atoms with E-state index in [4.69, 9.17) is 16.3 Å². The number of hydrogen-bond donors (Lipinski definition) is 0. The minimum atomic E-state index is -3.40. The van der Waals surface area contributed by atoms with Gasteiger partial charge in [0, 0.05) is 0 Å². The lowest BCUT2D eigenvalue weighted by atomic mass is 10.3. The van der Waals surface area contributed by atoms with Crippen molar-refractivity contribution in [3.8, 4) is 5.75 Å². The van der Waals surface area contributed by atoms with Crippen molar-refractivity contribution >= 4 is 21.7 Å². The molecule has 0 saturated carbocycles. The van der Waals surface area contributed by atoms with Gasteiger partial charge in [-0.05, 0) is 12.1 Å². The Bertz CT molecular complexity index is 416. The average molecular weight is 251 g/mol. The third-order valence-electron chi connectivity index (χ3n) is 1.47. The zero-order chi connectivity index (χ0) is 11.3. The highest BCUT2D eigenvalue weighted by Crippen LogP contribution is 2.22.